The Labute approximate surface area is 121 Å². The van der Waals surface area contributed by atoms with Gasteiger partial charge in [-0.05, 0) is 40.8 Å². The second-order valence-corrected chi connectivity index (χ2v) is 4.40. The van der Waals surface area contributed by atoms with Crippen molar-refractivity contribution in [3.05, 3.63) is 68.6 Å². The minimum atomic E-state index is -0.0363. The summed E-state index contributed by atoms with van der Waals surface area (Å²) in [6, 6.07) is 8.73. The number of nitriles is 2. The molecule has 0 bridgehead atoms. The molecule has 0 aliphatic heterocycles. The van der Waals surface area contributed by atoms with E-state index >= 15 is 0 Å². The standard InChI is InChI=1S/C15H5ClN4/c1-19-14(7-17)12-6-13(15(8-18)20-2)11-5-9(16)3-4-10(11)12/h3-5H,6H2/b14-12-,15-13?. The lowest BCUT2D eigenvalue weighted by molar-refractivity contribution is 1.42. The topological polar surface area (TPSA) is 56.3 Å². The normalized spacial score (nSPS) is 17.1. The second-order valence-electron chi connectivity index (χ2n) is 3.97. The predicted molar refractivity (Wildman–Crippen MR) is 74.3 cm³/mol. The number of benzene rings is 1. The van der Waals surface area contributed by atoms with Gasteiger partial charge >= 0.3 is 0 Å². The van der Waals surface area contributed by atoms with E-state index in [0.717, 1.165) is 0 Å². The molecule has 5 heteroatoms. The highest BCUT2D eigenvalue weighted by Gasteiger charge is 2.26. The first kappa shape index (κ1) is 13.4. The maximum absolute atomic E-state index is 9.02. The Kier molecular flexibility index (Phi) is 3.54. The zero-order valence-corrected chi connectivity index (χ0v) is 10.9. The summed E-state index contributed by atoms with van der Waals surface area (Å²) in [5.41, 5.74) is 2.34. The van der Waals surface area contributed by atoms with E-state index in [1.165, 1.54) is 0 Å². The SMILES string of the molecule is [C-]#[N+]C(C#N)=C1C/C(=C(\C#N)[N+]#[C-])c2ccc(Cl)cc21. The third-order valence-electron chi connectivity index (χ3n) is 2.99. The lowest BCUT2D eigenvalue weighted by Crippen LogP contribution is -1.83. The molecule has 0 unspecified atom stereocenters. The van der Waals surface area contributed by atoms with Crippen LogP contribution in [0.15, 0.2) is 29.6 Å². The van der Waals surface area contributed by atoms with E-state index in [4.69, 9.17) is 35.3 Å². The summed E-state index contributed by atoms with van der Waals surface area (Å²) in [5.74, 6) is 0. The molecule has 0 saturated heterocycles. The van der Waals surface area contributed by atoms with E-state index in [-0.39, 0.29) is 17.8 Å². The molecule has 20 heavy (non-hydrogen) atoms. The minimum absolute atomic E-state index is 0.0224. The zero-order chi connectivity index (χ0) is 14.7. The first-order valence-corrected chi connectivity index (χ1v) is 5.85. The Balaban J connectivity index is 2.86. The molecule has 0 amide bonds. The second kappa shape index (κ2) is 5.29. The molecule has 2 rings (SSSR count). The van der Waals surface area contributed by atoms with Gasteiger partial charge in [-0.1, -0.05) is 17.7 Å². The highest BCUT2D eigenvalue weighted by Crippen LogP contribution is 2.44. The summed E-state index contributed by atoms with van der Waals surface area (Å²) in [6.07, 6.45) is 0.228. The molecule has 0 saturated carbocycles. The number of nitrogens with zero attached hydrogens (tertiary/aromatic N) is 4. The van der Waals surface area contributed by atoms with Crippen molar-refractivity contribution in [1.82, 2.24) is 0 Å². The van der Waals surface area contributed by atoms with Gasteiger partial charge in [0.05, 0.1) is 25.3 Å². The van der Waals surface area contributed by atoms with Crippen LogP contribution in [0.25, 0.3) is 20.8 Å². The van der Waals surface area contributed by atoms with E-state index in [1.807, 2.05) is 12.1 Å². The first-order chi connectivity index (χ1) is 9.65. The molecular weight excluding hydrogens is 272 g/mol. The van der Waals surface area contributed by atoms with Gasteiger partial charge in [0.1, 0.15) is 0 Å². The zero-order valence-electron chi connectivity index (χ0n) is 10.1. The molecule has 1 aliphatic rings. The van der Waals surface area contributed by atoms with Crippen molar-refractivity contribution in [3.8, 4) is 12.1 Å². The van der Waals surface area contributed by atoms with Crippen LogP contribution in [0.2, 0.25) is 5.02 Å². The Hall–Kier alpha value is -3.05. The molecular formula is C15H5ClN4. The fourth-order valence-corrected chi connectivity index (χ4v) is 2.31. The fraction of sp³-hybridized carbons (Fsp3) is 0.0667. The van der Waals surface area contributed by atoms with E-state index < -0.39 is 0 Å². The molecule has 0 radical (unpaired) electrons. The van der Waals surface area contributed by atoms with Gasteiger partial charge in [-0.15, -0.1) is 0 Å². The van der Waals surface area contributed by atoms with Gasteiger partial charge < -0.3 is 0 Å². The van der Waals surface area contributed by atoms with Crippen LogP contribution in [0.5, 0.6) is 0 Å². The summed E-state index contributed by atoms with van der Waals surface area (Å²) < 4.78 is 0. The third kappa shape index (κ3) is 2.02. The minimum Gasteiger partial charge on any atom is -0.226 e. The highest BCUT2D eigenvalue weighted by molar-refractivity contribution is 6.31. The van der Waals surface area contributed by atoms with Gasteiger partial charge in [0.15, 0.2) is 0 Å². The Morgan fingerprint density at radius 2 is 1.60 bits per heavy atom. The maximum Gasteiger partial charge on any atom is 0.265 e. The lowest BCUT2D eigenvalue weighted by atomic mass is 10.1. The number of hydrogen-bond donors (Lipinski definition) is 0. The van der Waals surface area contributed by atoms with Crippen LogP contribution in [0, 0.1) is 35.8 Å². The Morgan fingerprint density at radius 3 is 2.10 bits per heavy atom. The number of hydrogen-bond acceptors (Lipinski definition) is 2. The van der Waals surface area contributed by atoms with Crippen LogP contribution in [0.4, 0.5) is 0 Å². The molecule has 0 N–H and O–H groups in total. The highest BCUT2D eigenvalue weighted by atomic mass is 35.5. The van der Waals surface area contributed by atoms with Crippen LogP contribution in [0.3, 0.4) is 0 Å². The van der Waals surface area contributed by atoms with Crippen molar-refractivity contribution in [2.24, 2.45) is 0 Å². The van der Waals surface area contributed by atoms with Gasteiger partial charge in [0, 0.05) is 5.02 Å². The van der Waals surface area contributed by atoms with E-state index in [0.29, 0.717) is 27.3 Å². The lowest BCUT2D eigenvalue weighted by Gasteiger charge is -2.02. The van der Waals surface area contributed by atoms with Gasteiger partial charge in [0.25, 0.3) is 11.4 Å². The van der Waals surface area contributed by atoms with Gasteiger partial charge in [0.2, 0.25) is 0 Å². The Morgan fingerprint density at radius 1 is 1.05 bits per heavy atom. The van der Waals surface area contributed by atoms with Crippen LogP contribution in [-0.4, -0.2) is 0 Å². The molecule has 0 aromatic heterocycles. The summed E-state index contributed by atoms with van der Waals surface area (Å²) >= 11 is 5.95. The Bertz CT molecular complexity index is 801. The van der Waals surface area contributed by atoms with Crippen molar-refractivity contribution in [1.29, 1.82) is 10.5 Å². The summed E-state index contributed by atoms with van der Waals surface area (Å²) in [5, 5.41) is 18.5. The molecule has 4 nitrogen and oxygen atoms in total. The van der Waals surface area contributed by atoms with Crippen molar-refractivity contribution in [3.63, 3.8) is 0 Å². The van der Waals surface area contributed by atoms with E-state index in [1.54, 1.807) is 18.2 Å². The average Bonchev–Trinajstić information content (AvgIpc) is 2.81. The van der Waals surface area contributed by atoms with Crippen LogP contribution >= 0.6 is 11.6 Å². The van der Waals surface area contributed by atoms with Gasteiger partial charge in [-0.25, -0.2) is 20.2 Å². The summed E-state index contributed by atoms with van der Waals surface area (Å²) in [4.78, 5) is 6.41. The number of fused-ring (bicyclic) bond motifs is 1. The van der Waals surface area contributed by atoms with E-state index in [9.17, 15) is 0 Å². The molecule has 1 aliphatic carbocycles. The van der Waals surface area contributed by atoms with Gasteiger partial charge in [-0.3, -0.25) is 0 Å². The van der Waals surface area contributed by atoms with Crippen molar-refractivity contribution < 1.29 is 0 Å². The maximum atomic E-state index is 9.02. The molecule has 1 aromatic rings. The number of allylic oxidation sites excluding steroid dienone is 4. The summed E-state index contributed by atoms with van der Waals surface area (Å²) in [7, 11) is 0. The third-order valence-corrected chi connectivity index (χ3v) is 3.23. The van der Waals surface area contributed by atoms with Crippen LogP contribution < -0.4 is 0 Å². The van der Waals surface area contributed by atoms with Crippen molar-refractivity contribution in [2.45, 2.75) is 6.42 Å². The quantitative estimate of drug-likeness (QED) is 0.530. The number of halogens is 1. The monoisotopic (exact) mass is 276 g/mol. The molecule has 0 spiro atoms. The first-order valence-electron chi connectivity index (χ1n) is 5.48. The fourth-order valence-electron chi connectivity index (χ4n) is 2.14. The smallest absolute Gasteiger partial charge is 0.226 e. The molecule has 1 aromatic carbocycles. The largest absolute Gasteiger partial charge is 0.265 e. The van der Waals surface area contributed by atoms with Crippen molar-refractivity contribution in [2.75, 3.05) is 0 Å². The van der Waals surface area contributed by atoms with Gasteiger partial charge in [-0.2, -0.15) is 0 Å². The van der Waals surface area contributed by atoms with Crippen molar-refractivity contribution >= 4 is 22.7 Å². The van der Waals surface area contributed by atoms with Crippen LogP contribution in [0.1, 0.15) is 17.5 Å². The van der Waals surface area contributed by atoms with E-state index in [2.05, 4.69) is 9.69 Å². The molecule has 0 atom stereocenters. The predicted octanol–water partition coefficient (Wildman–Crippen LogP) is 4.05. The molecule has 92 valence electrons. The molecule has 0 heterocycles. The number of rotatable bonds is 0. The van der Waals surface area contributed by atoms with Crippen LogP contribution in [-0.2, 0) is 0 Å². The summed E-state index contributed by atoms with van der Waals surface area (Å²) in [6.45, 7) is 14.1. The molecule has 0 fully saturated rings. The average molecular weight is 277 g/mol.